The summed E-state index contributed by atoms with van der Waals surface area (Å²) in [5.74, 6) is -0.239. The number of aromatic nitrogens is 1. The minimum atomic E-state index is -0.199. The van der Waals surface area contributed by atoms with Crippen molar-refractivity contribution in [2.24, 2.45) is 0 Å². The first-order chi connectivity index (χ1) is 17.7. The molecule has 1 aliphatic rings. The first-order valence-electron chi connectivity index (χ1n) is 12.2. The van der Waals surface area contributed by atoms with Crippen molar-refractivity contribution in [3.8, 4) is 5.75 Å². The number of H-pyrrole nitrogens is 1. The normalized spacial score (nSPS) is 14.6. The molecule has 3 N–H and O–H groups in total. The van der Waals surface area contributed by atoms with Gasteiger partial charge in [-0.05, 0) is 56.2 Å². The second-order valence-corrected chi connectivity index (χ2v) is 10.0. The third-order valence-corrected chi connectivity index (χ3v) is 6.78. The van der Waals surface area contributed by atoms with Crippen molar-refractivity contribution < 1.29 is 47.4 Å². The van der Waals surface area contributed by atoms with Crippen LogP contribution in [-0.4, -0.2) is 59.4 Å². The number of rotatable bonds is 5. The molecule has 2 heterocycles. The van der Waals surface area contributed by atoms with Crippen LogP contribution in [0.1, 0.15) is 35.8 Å². The van der Waals surface area contributed by atoms with Crippen molar-refractivity contribution in [1.82, 2.24) is 9.88 Å². The molecule has 0 aliphatic carbocycles. The number of phenolic OH excluding ortho intramolecular Hbond substituents is 1. The van der Waals surface area contributed by atoms with E-state index in [1.165, 1.54) is 0 Å². The largest absolute Gasteiger partial charge is 0.507 e. The van der Waals surface area contributed by atoms with E-state index in [2.05, 4.69) is 17.2 Å². The molecule has 1 aromatic heterocycles. The number of anilines is 2. The number of alkyl halides is 1. The predicted octanol–water partition coefficient (Wildman–Crippen LogP) is 6.19. The molecule has 7 nitrogen and oxygen atoms in total. The topological polar surface area (TPSA) is 88.7 Å². The van der Waals surface area contributed by atoms with Gasteiger partial charge in [-0.15, -0.1) is 11.6 Å². The number of likely N-dealkylation sites (N-methyl/N-ethyl adjacent to an activating group) is 1. The van der Waals surface area contributed by atoms with Gasteiger partial charge in [0.25, 0.3) is 5.91 Å². The van der Waals surface area contributed by atoms with E-state index in [1.807, 2.05) is 57.4 Å². The number of carbonyl (C=O) groups excluding carboxylic acids is 2. The quantitative estimate of drug-likeness (QED) is 0.183. The summed E-state index contributed by atoms with van der Waals surface area (Å²) in [6, 6.07) is 16.6. The van der Waals surface area contributed by atoms with Crippen LogP contribution in [0, 0.1) is 14.4 Å². The van der Waals surface area contributed by atoms with Gasteiger partial charge in [-0.25, -0.2) is 0 Å². The summed E-state index contributed by atoms with van der Waals surface area (Å²) < 4.78 is 0. The molecule has 2 amide bonds. The Bertz CT molecular complexity index is 1470. The SMILES string of the molecule is C[C@@H](Cl)[C@@H]1CN(C(=O)c2cc3cc(NC(=O)CN(C)C)ccc3[nH]2)c2cc(O)c3ccccc3c21.[CH2-]C.[CH3-].[Y]. The fourth-order valence-corrected chi connectivity index (χ4v) is 5.10. The zero-order valence-electron chi connectivity index (χ0n) is 23.1. The number of aromatic amines is 1. The molecule has 1 radical (unpaired) electrons. The van der Waals surface area contributed by atoms with Crippen LogP contribution in [0.25, 0.3) is 21.7 Å². The maximum absolute atomic E-state index is 13.7. The number of amides is 2. The third kappa shape index (κ3) is 6.66. The average Bonchev–Trinajstić information content (AvgIpc) is 3.46. The van der Waals surface area contributed by atoms with Gasteiger partial charge in [0, 0.05) is 78.6 Å². The van der Waals surface area contributed by atoms with Gasteiger partial charge >= 0.3 is 0 Å². The molecule has 2 atom stereocenters. The van der Waals surface area contributed by atoms with Gasteiger partial charge in [0.15, 0.2) is 0 Å². The van der Waals surface area contributed by atoms with Crippen molar-refractivity contribution in [3.05, 3.63) is 80.2 Å². The van der Waals surface area contributed by atoms with Crippen LogP contribution in [0.2, 0.25) is 0 Å². The summed E-state index contributed by atoms with van der Waals surface area (Å²) in [5, 5.41) is 15.8. The second-order valence-electron chi connectivity index (χ2n) is 9.34. The molecular weight excluding hydrogens is 589 g/mol. The van der Waals surface area contributed by atoms with Gasteiger partial charge in [-0.2, -0.15) is 6.92 Å². The summed E-state index contributed by atoms with van der Waals surface area (Å²) in [6.07, 6.45) is 0. The number of benzene rings is 3. The summed E-state index contributed by atoms with van der Waals surface area (Å²) in [7, 11) is 3.67. The van der Waals surface area contributed by atoms with Crippen LogP contribution in [0.4, 0.5) is 11.4 Å². The summed E-state index contributed by atoms with van der Waals surface area (Å²) in [5.41, 5.74) is 3.55. The van der Waals surface area contributed by atoms with E-state index in [9.17, 15) is 14.7 Å². The fourth-order valence-electron chi connectivity index (χ4n) is 4.89. The van der Waals surface area contributed by atoms with Crippen LogP contribution in [0.15, 0.2) is 54.6 Å². The molecule has 0 bridgehead atoms. The van der Waals surface area contributed by atoms with E-state index in [4.69, 9.17) is 11.6 Å². The Morgan fingerprint density at radius 1 is 1.15 bits per heavy atom. The number of hydrogen-bond acceptors (Lipinski definition) is 4. The van der Waals surface area contributed by atoms with Gasteiger partial charge in [0.05, 0.1) is 12.2 Å². The van der Waals surface area contributed by atoms with Crippen LogP contribution >= 0.6 is 11.6 Å². The van der Waals surface area contributed by atoms with Crippen LogP contribution in [-0.2, 0) is 37.5 Å². The Morgan fingerprint density at radius 3 is 2.46 bits per heavy atom. The number of phenols is 1. The molecular formula is C30H35ClN4O3Y-2. The molecule has 3 aromatic carbocycles. The van der Waals surface area contributed by atoms with Crippen molar-refractivity contribution in [2.75, 3.05) is 37.4 Å². The van der Waals surface area contributed by atoms with Crippen molar-refractivity contribution in [2.45, 2.75) is 25.1 Å². The Hall–Kier alpha value is -2.45. The minimum Gasteiger partial charge on any atom is -0.507 e. The third-order valence-electron chi connectivity index (χ3n) is 6.48. The van der Waals surface area contributed by atoms with Crippen LogP contribution < -0.4 is 10.2 Å². The Labute approximate surface area is 260 Å². The number of fused-ring (bicyclic) bond motifs is 4. The number of aromatic hydroxyl groups is 1. The maximum Gasteiger partial charge on any atom is 0.274 e. The monoisotopic (exact) mass is 623 g/mol. The molecule has 4 aromatic rings. The van der Waals surface area contributed by atoms with E-state index in [1.54, 1.807) is 34.9 Å². The van der Waals surface area contributed by atoms with Gasteiger partial charge in [0.2, 0.25) is 5.91 Å². The number of nitrogens with one attached hydrogen (secondary N) is 2. The number of nitrogens with zero attached hydrogens (tertiary/aromatic N) is 2. The van der Waals surface area contributed by atoms with Gasteiger partial charge < -0.3 is 39.6 Å². The Kier molecular flexibility index (Phi) is 11.6. The standard InChI is InChI=1S/C27H27ClN4O3.C2H5.CH3.Y/c1-15(28)20-13-32(23-12-24(33)18-6-4-5-7-19(18)26(20)23)27(35)22-11-16-10-17(8-9-21(16)30-22)29-25(34)14-31(2)3;1-2;;/h4-12,15,20,30,33H,13-14H2,1-3H3,(H,29,34);1H2,2H3;1H3;/q;2*-1;/t15-,20+;;;/m1.../s1. The number of halogens is 1. The fraction of sp³-hybridized carbons (Fsp3) is 0.267. The number of hydrogen-bond donors (Lipinski definition) is 3. The summed E-state index contributed by atoms with van der Waals surface area (Å²) in [4.78, 5) is 32.5. The summed E-state index contributed by atoms with van der Waals surface area (Å²) in [6.45, 7) is 7.64. The van der Waals surface area contributed by atoms with E-state index < -0.39 is 0 Å². The van der Waals surface area contributed by atoms with Gasteiger partial charge in [-0.3, -0.25) is 9.59 Å². The van der Waals surface area contributed by atoms with Crippen molar-refractivity contribution in [3.63, 3.8) is 0 Å². The molecule has 9 heteroatoms. The van der Waals surface area contributed by atoms with Gasteiger partial charge in [0.1, 0.15) is 11.4 Å². The van der Waals surface area contributed by atoms with Crippen LogP contribution in [0.5, 0.6) is 5.75 Å². The van der Waals surface area contributed by atoms with Crippen molar-refractivity contribution in [1.29, 1.82) is 0 Å². The van der Waals surface area contributed by atoms with E-state index >= 15 is 0 Å². The zero-order chi connectivity index (χ0) is 26.9. The second kappa shape index (κ2) is 13.8. The van der Waals surface area contributed by atoms with Crippen molar-refractivity contribution >= 4 is 56.5 Å². The molecule has 0 fully saturated rings. The summed E-state index contributed by atoms with van der Waals surface area (Å²) >= 11 is 6.58. The molecule has 0 spiro atoms. The van der Waals surface area contributed by atoms with E-state index in [0.29, 0.717) is 23.6 Å². The molecule has 0 saturated carbocycles. The molecule has 5 rings (SSSR count). The Morgan fingerprint density at radius 2 is 1.82 bits per heavy atom. The molecule has 0 unspecified atom stereocenters. The molecule has 205 valence electrons. The molecule has 0 saturated heterocycles. The predicted molar refractivity (Wildman–Crippen MR) is 158 cm³/mol. The van der Waals surface area contributed by atoms with Crippen LogP contribution in [0.3, 0.4) is 0 Å². The smallest absolute Gasteiger partial charge is 0.274 e. The minimum absolute atomic E-state index is 0. The first-order valence-corrected chi connectivity index (χ1v) is 12.6. The zero-order valence-corrected chi connectivity index (χ0v) is 26.7. The first kappa shape index (κ1) is 32.8. The molecule has 1 aliphatic heterocycles. The number of carbonyl (C=O) groups is 2. The van der Waals surface area contributed by atoms with E-state index in [0.717, 1.165) is 27.2 Å². The van der Waals surface area contributed by atoms with E-state index in [-0.39, 0.29) is 75.5 Å². The maximum atomic E-state index is 13.7. The average molecular weight is 624 g/mol. The molecule has 39 heavy (non-hydrogen) atoms. The Balaban J connectivity index is 0.00000130. The van der Waals surface area contributed by atoms with Gasteiger partial charge in [-0.1, -0.05) is 24.3 Å².